The number of aliphatic carboxylic acids is 1. The van der Waals surface area contributed by atoms with Gasteiger partial charge < -0.3 is 9.84 Å². The first kappa shape index (κ1) is 20.0. The molecule has 2 N–H and O–H groups in total. The molecule has 1 aliphatic heterocycles. The molecule has 1 heterocycles. The van der Waals surface area contributed by atoms with Gasteiger partial charge in [-0.25, -0.2) is 17.9 Å². The first-order chi connectivity index (χ1) is 14.3. The van der Waals surface area contributed by atoms with Crippen molar-refractivity contribution < 1.29 is 28.0 Å². The molecule has 0 aromatic heterocycles. The molecule has 2 aliphatic rings. The number of ether oxygens (including phenoxy) is 1. The van der Waals surface area contributed by atoms with Crippen LogP contribution in [0.5, 0.6) is 5.75 Å². The number of carbonyl (C=O) groups is 1. The molecule has 156 valence electrons. The van der Waals surface area contributed by atoms with Crippen LogP contribution in [0.3, 0.4) is 0 Å². The molecular weight excluding hydrogens is 412 g/mol. The Labute approximate surface area is 172 Å². The minimum absolute atomic E-state index is 0.0474. The maximum absolute atomic E-state index is 12.8. The number of benzene rings is 2. The molecule has 3 atom stereocenters. The number of hydrogen-bond donors (Lipinski definition) is 2. The van der Waals surface area contributed by atoms with Gasteiger partial charge in [0, 0.05) is 41.3 Å². The molecule has 2 aromatic rings. The van der Waals surface area contributed by atoms with E-state index in [0.29, 0.717) is 24.2 Å². The minimum atomic E-state index is -3.88. The minimum Gasteiger partial charge on any atom is -0.489 e. The number of fused-ring (bicyclic) bond motifs is 3. The second-order valence-corrected chi connectivity index (χ2v) is 8.89. The van der Waals surface area contributed by atoms with Crippen LogP contribution < -0.4 is 9.46 Å². The van der Waals surface area contributed by atoms with Crippen molar-refractivity contribution in [3.05, 3.63) is 69.8 Å². The van der Waals surface area contributed by atoms with E-state index < -0.39 is 27.0 Å². The number of hydrogen-bond acceptors (Lipinski definition) is 6. The summed E-state index contributed by atoms with van der Waals surface area (Å²) >= 11 is 0. The number of sulfonamides is 1. The standard InChI is InChI=1S/C20H18N2O7S/c23-18(24)11-4-12-2-1-3-15-19-16(9-10-17(19)29-20(12)15)21-30(27,28)14-7-5-13(6-8-14)22(25)26/h1-8,11,16-17,19,21H,9-10H2,(H,23,24)/b11-4+. The number of nitrogens with one attached hydrogen (secondary N) is 1. The normalized spacial score (nSPS) is 22.5. The van der Waals surface area contributed by atoms with Crippen molar-refractivity contribution in [1.29, 1.82) is 0 Å². The fourth-order valence-electron chi connectivity index (χ4n) is 4.07. The van der Waals surface area contributed by atoms with Crippen molar-refractivity contribution in [2.24, 2.45) is 0 Å². The third-order valence-electron chi connectivity index (χ3n) is 5.37. The van der Waals surface area contributed by atoms with Crippen LogP contribution in [0.2, 0.25) is 0 Å². The highest BCUT2D eigenvalue weighted by atomic mass is 32.2. The molecule has 1 aliphatic carbocycles. The lowest BCUT2D eigenvalue weighted by atomic mass is 9.93. The third-order valence-corrected chi connectivity index (χ3v) is 6.88. The van der Waals surface area contributed by atoms with Crippen LogP contribution in [0, 0.1) is 10.1 Å². The van der Waals surface area contributed by atoms with Crippen LogP contribution in [0.25, 0.3) is 6.08 Å². The molecule has 0 bridgehead atoms. The summed E-state index contributed by atoms with van der Waals surface area (Å²) in [7, 11) is -3.88. The maximum atomic E-state index is 12.8. The lowest BCUT2D eigenvalue weighted by molar-refractivity contribution is -0.384. The Kier molecular flexibility index (Phi) is 5.04. The topological polar surface area (TPSA) is 136 Å². The van der Waals surface area contributed by atoms with Crippen LogP contribution in [-0.4, -0.2) is 36.6 Å². The largest absolute Gasteiger partial charge is 0.489 e. The molecule has 10 heteroatoms. The molecule has 1 fully saturated rings. The van der Waals surface area contributed by atoms with E-state index in [9.17, 15) is 23.3 Å². The van der Waals surface area contributed by atoms with Gasteiger partial charge in [0.2, 0.25) is 10.0 Å². The van der Waals surface area contributed by atoms with Crippen LogP contribution in [-0.2, 0) is 14.8 Å². The molecule has 0 amide bonds. The van der Waals surface area contributed by atoms with Gasteiger partial charge >= 0.3 is 5.97 Å². The summed E-state index contributed by atoms with van der Waals surface area (Å²) in [5, 5.41) is 19.7. The zero-order valence-corrected chi connectivity index (χ0v) is 16.4. The van der Waals surface area contributed by atoms with Gasteiger partial charge in [-0.15, -0.1) is 0 Å². The molecule has 0 radical (unpaired) electrons. The first-order valence-corrected chi connectivity index (χ1v) is 10.7. The van der Waals surface area contributed by atoms with Crippen molar-refractivity contribution in [1.82, 2.24) is 4.72 Å². The number of nitro benzene ring substituents is 1. The predicted molar refractivity (Wildman–Crippen MR) is 107 cm³/mol. The third kappa shape index (κ3) is 3.66. The summed E-state index contributed by atoms with van der Waals surface area (Å²) < 4.78 is 34.4. The van der Waals surface area contributed by atoms with Gasteiger partial charge in [0.25, 0.3) is 5.69 Å². The van der Waals surface area contributed by atoms with E-state index in [-0.39, 0.29) is 22.6 Å². The number of rotatable bonds is 6. The molecule has 30 heavy (non-hydrogen) atoms. The zero-order valence-electron chi connectivity index (χ0n) is 15.6. The quantitative estimate of drug-likeness (QED) is 0.408. The molecule has 0 saturated heterocycles. The van der Waals surface area contributed by atoms with Crippen LogP contribution >= 0.6 is 0 Å². The summed E-state index contributed by atoms with van der Waals surface area (Å²) in [4.78, 5) is 21.0. The van der Waals surface area contributed by atoms with Gasteiger partial charge in [-0.3, -0.25) is 10.1 Å². The number of carboxylic acid groups (broad SMARTS) is 1. The SMILES string of the molecule is O=C(O)/C=C/c1cccc2c1OC1CCC(NS(=O)(=O)c3ccc([N+](=O)[O-])cc3)C21. The average molecular weight is 430 g/mol. The molecular formula is C20H18N2O7S. The Hall–Kier alpha value is -3.24. The van der Waals surface area contributed by atoms with Gasteiger partial charge in [-0.1, -0.05) is 18.2 Å². The zero-order chi connectivity index (χ0) is 21.5. The number of carboxylic acids is 1. The van der Waals surface area contributed by atoms with E-state index in [2.05, 4.69) is 4.72 Å². The van der Waals surface area contributed by atoms with Crippen LogP contribution in [0.1, 0.15) is 29.9 Å². The molecule has 1 saturated carbocycles. The molecule has 3 unspecified atom stereocenters. The Morgan fingerprint density at radius 1 is 1.20 bits per heavy atom. The van der Waals surface area contributed by atoms with Gasteiger partial charge in [0.05, 0.1) is 9.82 Å². The summed E-state index contributed by atoms with van der Waals surface area (Å²) in [6.07, 6.45) is 3.51. The first-order valence-electron chi connectivity index (χ1n) is 9.23. The Morgan fingerprint density at radius 2 is 1.93 bits per heavy atom. The van der Waals surface area contributed by atoms with Crippen molar-refractivity contribution >= 4 is 27.8 Å². The Bertz CT molecular complexity index is 1140. The van der Waals surface area contributed by atoms with Crippen molar-refractivity contribution in [2.75, 3.05) is 0 Å². The van der Waals surface area contributed by atoms with E-state index >= 15 is 0 Å². The monoisotopic (exact) mass is 430 g/mol. The smallest absolute Gasteiger partial charge is 0.328 e. The lowest BCUT2D eigenvalue weighted by Crippen LogP contribution is -2.37. The van der Waals surface area contributed by atoms with Gasteiger partial charge in [-0.05, 0) is 31.1 Å². The van der Waals surface area contributed by atoms with Gasteiger partial charge in [0.1, 0.15) is 11.9 Å². The average Bonchev–Trinajstić information content (AvgIpc) is 3.26. The molecule has 0 spiro atoms. The number of nitrogens with zero attached hydrogens (tertiary/aromatic N) is 1. The maximum Gasteiger partial charge on any atom is 0.328 e. The van der Waals surface area contributed by atoms with Crippen molar-refractivity contribution in [2.45, 2.75) is 35.8 Å². The molecule has 4 rings (SSSR count). The van der Waals surface area contributed by atoms with Crippen molar-refractivity contribution in [3.8, 4) is 5.75 Å². The summed E-state index contributed by atoms with van der Waals surface area (Å²) in [5.41, 5.74) is 1.28. The number of nitro groups is 1. The fourth-order valence-corrected chi connectivity index (χ4v) is 5.37. The van der Waals surface area contributed by atoms with Crippen molar-refractivity contribution in [3.63, 3.8) is 0 Å². The van der Waals surface area contributed by atoms with Gasteiger partial charge in [-0.2, -0.15) is 0 Å². The number of non-ortho nitro benzene ring substituents is 1. The van der Waals surface area contributed by atoms with E-state index in [1.807, 2.05) is 6.07 Å². The van der Waals surface area contributed by atoms with E-state index in [1.54, 1.807) is 12.1 Å². The molecule has 2 aromatic carbocycles. The van der Waals surface area contributed by atoms with E-state index in [1.165, 1.54) is 18.2 Å². The second-order valence-electron chi connectivity index (χ2n) is 7.18. The summed E-state index contributed by atoms with van der Waals surface area (Å²) in [6.45, 7) is 0. The van der Waals surface area contributed by atoms with E-state index in [0.717, 1.165) is 23.8 Å². The summed E-state index contributed by atoms with van der Waals surface area (Å²) in [5.74, 6) is -0.699. The summed E-state index contributed by atoms with van der Waals surface area (Å²) in [6, 6.07) is 9.71. The second kappa shape index (κ2) is 7.54. The fraction of sp³-hybridized carbons (Fsp3) is 0.250. The highest BCUT2D eigenvalue weighted by Crippen LogP contribution is 2.49. The highest BCUT2D eigenvalue weighted by molar-refractivity contribution is 7.89. The van der Waals surface area contributed by atoms with Crippen LogP contribution in [0.15, 0.2) is 53.4 Å². The van der Waals surface area contributed by atoms with E-state index in [4.69, 9.17) is 9.84 Å². The molecule has 9 nitrogen and oxygen atoms in total. The highest BCUT2D eigenvalue weighted by Gasteiger charge is 2.46. The lowest BCUT2D eigenvalue weighted by Gasteiger charge is -2.19. The predicted octanol–water partition coefficient (Wildman–Crippen LogP) is 2.68. The van der Waals surface area contributed by atoms with Crippen LogP contribution in [0.4, 0.5) is 5.69 Å². The number of para-hydroxylation sites is 1. The van der Waals surface area contributed by atoms with Gasteiger partial charge in [0.15, 0.2) is 0 Å². The Morgan fingerprint density at radius 3 is 2.60 bits per heavy atom. The Balaban J connectivity index is 1.59.